The van der Waals surface area contributed by atoms with Crippen LogP contribution in [0.15, 0.2) is 54.6 Å². The fourth-order valence-electron chi connectivity index (χ4n) is 3.97. The topological polar surface area (TPSA) is 121 Å². The van der Waals surface area contributed by atoms with Crippen molar-refractivity contribution in [2.24, 2.45) is 0 Å². The van der Waals surface area contributed by atoms with E-state index in [-0.39, 0.29) is 11.4 Å². The highest BCUT2D eigenvalue weighted by Crippen LogP contribution is 2.31. The maximum absolute atomic E-state index is 13.2. The SMILES string of the molecule is Cc1c(C(=O)Nc2c3c(nn2-c2ccccc2)CCC3)nnn1-c1cccc([N+](=O)[O-])c1. The summed E-state index contributed by atoms with van der Waals surface area (Å²) in [5.74, 6) is 0.226. The van der Waals surface area contributed by atoms with Crippen LogP contribution >= 0.6 is 0 Å². The van der Waals surface area contributed by atoms with Gasteiger partial charge >= 0.3 is 0 Å². The summed E-state index contributed by atoms with van der Waals surface area (Å²) in [6.45, 7) is 1.70. The summed E-state index contributed by atoms with van der Waals surface area (Å²) < 4.78 is 3.17. The van der Waals surface area contributed by atoms with Gasteiger partial charge in [-0.15, -0.1) is 5.10 Å². The maximum atomic E-state index is 13.2. The number of hydrogen-bond donors (Lipinski definition) is 1. The first-order valence-electron chi connectivity index (χ1n) is 10.2. The van der Waals surface area contributed by atoms with E-state index in [1.54, 1.807) is 23.7 Å². The number of hydrogen-bond acceptors (Lipinski definition) is 6. The normalized spacial score (nSPS) is 12.5. The number of nitrogens with zero attached hydrogens (tertiary/aromatic N) is 6. The first-order chi connectivity index (χ1) is 15.5. The lowest BCUT2D eigenvalue weighted by Crippen LogP contribution is -2.18. The predicted molar refractivity (Wildman–Crippen MR) is 116 cm³/mol. The third kappa shape index (κ3) is 3.31. The molecule has 1 N–H and O–H groups in total. The van der Waals surface area contributed by atoms with Gasteiger partial charge in [-0.2, -0.15) is 5.10 Å². The second-order valence-electron chi connectivity index (χ2n) is 7.54. The van der Waals surface area contributed by atoms with Gasteiger partial charge in [-0.05, 0) is 44.4 Å². The average molecular weight is 429 g/mol. The Balaban J connectivity index is 1.49. The lowest BCUT2D eigenvalue weighted by Gasteiger charge is -2.10. The van der Waals surface area contributed by atoms with E-state index in [1.165, 1.54) is 16.8 Å². The van der Waals surface area contributed by atoms with Crippen LogP contribution in [0.3, 0.4) is 0 Å². The van der Waals surface area contributed by atoms with Crippen LogP contribution in [0, 0.1) is 17.0 Å². The number of aryl methyl sites for hydroxylation is 1. The Labute approximate surface area is 182 Å². The highest BCUT2D eigenvalue weighted by Gasteiger charge is 2.26. The molecule has 160 valence electrons. The zero-order chi connectivity index (χ0) is 22.2. The smallest absolute Gasteiger partial charge is 0.279 e. The summed E-state index contributed by atoms with van der Waals surface area (Å²) >= 11 is 0. The van der Waals surface area contributed by atoms with Crippen molar-refractivity contribution < 1.29 is 9.72 Å². The molecule has 5 rings (SSSR count). The van der Waals surface area contributed by atoms with Gasteiger partial charge in [0.05, 0.1) is 27.7 Å². The molecule has 0 fully saturated rings. The fraction of sp³-hybridized carbons (Fsp3) is 0.182. The van der Waals surface area contributed by atoms with Gasteiger partial charge in [0.15, 0.2) is 5.69 Å². The van der Waals surface area contributed by atoms with Gasteiger partial charge in [-0.25, -0.2) is 9.36 Å². The van der Waals surface area contributed by atoms with Crippen molar-refractivity contribution in [3.05, 3.63) is 87.4 Å². The minimum absolute atomic E-state index is 0.0641. The molecule has 2 aromatic carbocycles. The van der Waals surface area contributed by atoms with Crippen molar-refractivity contribution in [3.63, 3.8) is 0 Å². The molecular formula is C22H19N7O3. The van der Waals surface area contributed by atoms with Crippen molar-refractivity contribution in [2.45, 2.75) is 26.2 Å². The maximum Gasteiger partial charge on any atom is 0.279 e. The molecule has 2 heterocycles. The number of nitro benzene ring substituents is 1. The second kappa shape index (κ2) is 7.73. The molecule has 0 spiro atoms. The second-order valence-corrected chi connectivity index (χ2v) is 7.54. The van der Waals surface area contributed by atoms with E-state index in [9.17, 15) is 14.9 Å². The van der Waals surface area contributed by atoms with Crippen LogP contribution in [0.25, 0.3) is 11.4 Å². The van der Waals surface area contributed by atoms with E-state index in [0.717, 1.165) is 36.2 Å². The number of non-ortho nitro benzene ring substituents is 1. The van der Waals surface area contributed by atoms with Crippen LogP contribution in [0.1, 0.15) is 33.9 Å². The molecule has 0 aliphatic heterocycles. The summed E-state index contributed by atoms with van der Waals surface area (Å²) in [6, 6.07) is 15.7. The van der Waals surface area contributed by atoms with Gasteiger partial charge in [-0.3, -0.25) is 14.9 Å². The van der Waals surface area contributed by atoms with Crippen LogP contribution in [0.5, 0.6) is 0 Å². The summed E-state index contributed by atoms with van der Waals surface area (Å²) in [5, 5.41) is 26.9. The fourth-order valence-corrected chi connectivity index (χ4v) is 3.97. The third-order valence-electron chi connectivity index (χ3n) is 5.53. The molecule has 4 aromatic rings. The highest BCUT2D eigenvalue weighted by atomic mass is 16.6. The Morgan fingerprint density at radius 2 is 1.84 bits per heavy atom. The van der Waals surface area contributed by atoms with E-state index in [4.69, 9.17) is 5.10 Å². The summed E-state index contributed by atoms with van der Waals surface area (Å²) in [4.78, 5) is 23.8. The van der Waals surface area contributed by atoms with Gasteiger partial charge in [0, 0.05) is 17.7 Å². The number of para-hydroxylation sites is 1. The molecule has 1 aliphatic rings. The van der Waals surface area contributed by atoms with E-state index in [0.29, 0.717) is 17.2 Å². The number of nitro groups is 1. The highest BCUT2D eigenvalue weighted by molar-refractivity contribution is 6.03. The average Bonchev–Trinajstić information content (AvgIpc) is 3.50. The van der Waals surface area contributed by atoms with Gasteiger partial charge in [0.25, 0.3) is 11.6 Å². The van der Waals surface area contributed by atoms with Gasteiger partial charge < -0.3 is 5.32 Å². The minimum Gasteiger partial charge on any atom is -0.305 e. The van der Waals surface area contributed by atoms with Crippen LogP contribution < -0.4 is 5.32 Å². The Morgan fingerprint density at radius 1 is 1.06 bits per heavy atom. The van der Waals surface area contributed by atoms with Crippen molar-refractivity contribution in [3.8, 4) is 11.4 Å². The molecule has 1 amide bonds. The van der Waals surface area contributed by atoms with Gasteiger partial charge in [-0.1, -0.05) is 29.5 Å². The Hall–Kier alpha value is -4.34. The first kappa shape index (κ1) is 19.6. The summed E-state index contributed by atoms with van der Waals surface area (Å²) in [6.07, 6.45) is 2.72. The number of carbonyl (C=O) groups excluding carboxylic acids is 1. The van der Waals surface area contributed by atoms with Crippen LogP contribution in [0.4, 0.5) is 11.5 Å². The van der Waals surface area contributed by atoms with E-state index in [2.05, 4.69) is 15.6 Å². The molecule has 0 saturated heterocycles. The first-order valence-corrected chi connectivity index (χ1v) is 10.2. The van der Waals surface area contributed by atoms with E-state index in [1.807, 2.05) is 30.3 Å². The van der Waals surface area contributed by atoms with Crippen LogP contribution in [-0.2, 0) is 12.8 Å². The summed E-state index contributed by atoms with van der Waals surface area (Å²) in [5.41, 5.74) is 3.89. The number of benzene rings is 2. The molecule has 32 heavy (non-hydrogen) atoms. The molecule has 0 bridgehead atoms. The number of carbonyl (C=O) groups is 1. The predicted octanol–water partition coefficient (Wildman–Crippen LogP) is 3.41. The molecule has 1 aliphatic carbocycles. The molecule has 2 aromatic heterocycles. The van der Waals surface area contributed by atoms with Crippen LogP contribution in [0.2, 0.25) is 0 Å². The number of fused-ring (bicyclic) bond motifs is 1. The minimum atomic E-state index is -0.477. The van der Waals surface area contributed by atoms with Gasteiger partial charge in [0.2, 0.25) is 0 Å². The number of nitrogens with one attached hydrogen (secondary N) is 1. The molecule has 10 heteroatoms. The quantitative estimate of drug-likeness (QED) is 0.383. The number of anilines is 1. The Kier molecular flexibility index (Phi) is 4.74. The lowest BCUT2D eigenvalue weighted by molar-refractivity contribution is -0.384. The van der Waals surface area contributed by atoms with Crippen molar-refractivity contribution in [1.82, 2.24) is 24.8 Å². The number of amides is 1. The summed E-state index contributed by atoms with van der Waals surface area (Å²) in [7, 11) is 0. The zero-order valence-electron chi connectivity index (χ0n) is 17.2. The molecule has 0 radical (unpaired) electrons. The molecule has 0 atom stereocenters. The lowest BCUT2D eigenvalue weighted by atomic mass is 10.2. The molecular weight excluding hydrogens is 410 g/mol. The van der Waals surface area contributed by atoms with Crippen molar-refractivity contribution in [1.29, 1.82) is 0 Å². The number of aromatic nitrogens is 5. The Morgan fingerprint density at radius 3 is 2.62 bits per heavy atom. The molecule has 0 saturated carbocycles. The van der Waals surface area contributed by atoms with Crippen molar-refractivity contribution >= 4 is 17.4 Å². The Bertz CT molecular complexity index is 1340. The van der Waals surface area contributed by atoms with Gasteiger partial charge in [0.1, 0.15) is 5.82 Å². The van der Waals surface area contributed by atoms with E-state index >= 15 is 0 Å². The molecule has 0 unspecified atom stereocenters. The zero-order valence-corrected chi connectivity index (χ0v) is 17.2. The largest absolute Gasteiger partial charge is 0.305 e. The standard InChI is InChI=1S/C22H19N7O3/c1-14-20(24-26-27(14)16-9-5-10-17(13-16)29(31)32)22(30)23-21-18-11-6-12-19(18)25-28(21)15-7-3-2-4-8-15/h2-5,7-10,13H,6,11-12H2,1H3,(H,23,30). The monoisotopic (exact) mass is 429 g/mol. The third-order valence-corrected chi connectivity index (χ3v) is 5.53. The van der Waals surface area contributed by atoms with Crippen molar-refractivity contribution in [2.75, 3.05) is 5.32 Å². The number of rotatable bonds is 5. The van der Waals surface area contributed by atoms with Crippen LogP contribution in [-0.4, -0.2) is 35.6 Å². The van der Waals surface area contributed by atoms with E-state index < -0.39 is 10.8 Å². The molecule has 10 nitrogen and oxygen atoms in total.